The Balaban J connectivity index is 1.18. The van der Waals surface area contributed by atoms with Gasteiger partial charge in [0.15, 0.2) is 0 Å². The van der Waals surface area contributed by atoms with Gasteiger partial charge in [0.1, 0.15) is 0 Å². The Bertz CT molecular complexity index is 1530. The lowest BCUT2D eigenvalue weighted by Crippen LogP contribution is -1.98. The molecule has 0 bridgehead atoms. The van der Waals surface area contributed by atoms with E-state index in [9.17, 15) is 0 Å². The van der Waals surface area contributed by atoms with E-state index in [-0.39, 0.29) is 0 Å². The highest BCUT2D eigenvalue weighted by Crippen LogP contribution is 2.23. The van der Waals surface area contributed by atoms with E-state index in [2.05, 4.69) is 124 Å². The summed E-state index contributed by atoms with van der Waals surface area (Å²) >= 11 is 0. The Morgan fingerprint density at radius 3 is 1.66 bits per heavy atom. The first-order valence-corrected chi connectivity index (χ1v) is 13.6. The van der Waals surface area contributed by atoms with Gasteiger partial charge in [-0.05, 0) is 104 Å². The standard InChI is InChI=1S/C36H36N2/c1-25-8-15-32(16-9-25)36-21-27(3)34(24-38-36)19-14-31-7-5-6-30(22-31)11-10-29-12-17-33(18-13-29)35-20-26(2)28(4)23-37-35/h5-9,12-13,15-18,20-24H,10-11,14,19H2,1-4H3. The van der Waals surface area contributed by atoms with Crippen molar-refractivity contribution in [1.29, 1.82) is 0 Å². The predicted octanol–water partition coefficient (Wildman–Crippen LogP) is 8.61. The summed E-state index contributed by atoms with van der Waals surface area (Å²) in [5.74, 6) is 0. The van der Waals surface area contributed by atoms with Crippen molar-refractivity contribution in [2.75, 3.05) is 0 Å². The monoisotopic (exact) mass is 496 g/mol. The summed E-state index contributed by atoms with van der Waals surface area (Å²) in [4.78, 5) is 9.37. The maximum Gasteiger partial charge on any atom is 0.0704 e. The van der Waals surface area contributed by atoms with Gasteiger partial charge in [0.2, 0.25) is 0 Å². The number of benzene rings is 3. The zero-order valence-electron chi connectivity index (χ0n) is 23.0. The molecule has 5 aromatic rings. The summed E-state index contributed by atoms with van der Waals surface area (Å²) in [6.45, 7) is 8.56. The van der Waals surface area contributed by atoms with Crippen molar-refractivity contribution >= 4 is 0 Å². The van der Waals surface area contributed by atoms with Crippen molar-refractivity contribution in [3.8, 4) is 22.5 Å². The maximum atomic E-state index is 4.76. The summed E-state index contributed by atoms with van der Waals surface area (Å²) in [6, 6.07) is 30.9. The number of hydrogen-bond acceptors (Lipinski definition) is 2. The highest BCUT2D eigenvalue weighted by molar-refractivity contribution is 5.61. The third-order valence-corrected chi connectivity index (χ3v) is 7.57. The average molecular weight is 497 g/mol. The van der Waals surface area contributed by atoms with Crippen molar-refractivity contribution in [2.24, 2.45) is 0 Å². The molecule has 0 aliphatic heterocycles. The summed E-state index contributed by atoms with van der Waals surface area (Å²) in [7, 11) is 0. The molecule has 5 rings (SSSR count). The van der Waals surface area contributed by atoms with E-state index in [0.717, 1.165) is 37.1 Å². The van der Waals surface area contributed by atoms with Gasteiger partial charge in [-0.1, -0.05) is 78.4 Å². The molecule has 0 N–H and O–H groups in total. The highest BCUT2D eigenvalue weighted by atomic mass is 14.7. The minimum Gasteiger partial charge on any atom is -0.256 e. The number of rotatable bonds is 8. The molecule has 0 amide bonds. The van der Waals surface area contributed by atoms with Crippen LogP contribution in [0.5, 0.6) is 0 Å². The molecular formula is C36H36N2. The fourth-order valence-corrected chi connectivity index (χ4v) is 4.86. The van der Waals surface area contributed by atoms with Crippen LogP contribution in [-0.4, -0.2) is 9.97 Å². The maximum absolute atomic E-state index is 4.76. The van der Waals surface area contributed by atoms with Gasteiger partial charge in [0.25, 0.3) is 0 Å². The largest absolute Gasteiger partial charge is 0.256 e. The lowest BCUT2D eigenvalue weighted by Gasteiger charge is -2.10. The number of hydrogen-bond donors (Lipinski definition) is 0. The van der Waals surface area contributed by atoms with Gasteiger partial charge in [-0.3, -0.25) is 9.97 Å². The molecule has 0 unspecified atom stereocenters. The van der Waals surface area contributed by atoms with E-state index < -0.39 is 0 Å². The summed E-state index contributed by atoms with van der Waals surface area (Å²) < 4.78 is 0. The van der Waals surface area contributed by atoms with Crippen LogP contribution < -0.4 is 0 Å². The van der Waals surface area contributed by atoms with Gasteiger partial charge in [0, 0.05) is 23.5 Å². The van der Waals surface area contributed by atoms with Crippen molar-refractivity contribution in [1.82, 2.24) is 9.97 Å². The van der Waals surface area contributed by atoms with E-state index in [1.54, 1.807) is 0 Å². The lowest BCUT2D eigenvalue weighted by molar-refractivity contribution is 0.920. The van der Waals surface area contributed by atoms with Gasteiger partial charge in [0.05, 0.1) is 11.4 Å². The van der Waals surface area contributed by atoms with Crippen molar-refractivity contribution in [3.05, 3.63) is 142 Å². The second-order valence-electron chi connectivity index (χ2n) is 10.5. The van der Waals surface area contributed by atoms with E-state index in [1.165, 1.54) is 55.6 Å². The zero-order chi connectivity index (χ0) is 26.5. The lowest BCUT2D eigenvalue weighted by atomic mass is 9.97. The first kappa shape index (κ1) is 25.6. The normalized spacial score (nSPS) is 11.1. The van der Waals surface area contributed by atoms with Crippen molar-refractivity contribution in [3.63, 3.8) is 0 Å². The second-order valence-corrected chi connectivity index (χ2v) is 10.5. The van der Waals surface area contributed by atoms with Crippen LogP contribution in [-0.2, 0) is 25.7 Å². The quantitative estimate of drug-likeness (QED) is 0.215. The average Bonchev–Trinajstić information content (AvgIpc) is 2.94. The smallest absolute Gasteiger partial charge is 0.0704 e. The number of aryl methyl sites for hydroxylation is 8. The van der Waals surface area contributed by atoms with Crippen LogP contribution in [0, 0.1) is 27.7 Å². The molecule has 38 heavy (non-hydrogen) atoms. The first-order chi connectivity index (χ1) is 18.4. The first-order valence-electron chi connectivity index (χ1n) is 13.6. The highest BCUT2D eigenvalue weighted by Gasteiger charge is 2.06. The van der Waals surface area contributed by atoms with Crippen LogP contribution >= 0.6 is 0 Å². The Labute approximate surface area is 227 Å². The number of aromatic nitrogens is 2. The van der Waals surface area contributed by atoms with E-state index in [0.29, 0.717) is 0 Å². The summed E-state index contributed by atoms with van der Waals surface area (Å²) in [5, 5.41) is 0. The van der Waals surface area contributed by atoms with Crippen LogP contribution in [0.4, 0.5) is 0 Å². The molecule has 0 saturated carbocycles. The predicted molar refractivity (Wildman–Crippen MR) is 160 cm³/mol. The van der Waals surface area contributed by atoms with Crippen LogP contribution in [0.2, 0.25) is 0 Å². The van der Waals surface area contributed by atoms with Crippen molar-refractivity contribution in [2.45, 2.75) is 53.4 Å². The molecule has 2 aromatic heterocycles. The molecular weight excluding hydrogens is 460 g/mol. The number of nitrogens with zero attached hydrogens (tertiary/aromatic N) is 2. The molecule has 2 heteroatoms. The van der Waals surface area contributed by atoms with Crippen molar-refractivity contribution < 1.29 is 0 Å². The fraction of sp³-hybridized carbons (Fsp3) is 0.222. The van der Waals surface area contributed by atoms with Crippen LogP contribution in [0.15, 0.2) is 97.3 Å². The molecule has 0 spiro atoms. The van der Waals surface area contributed by atoms with Gasteiger partial charge in [-0.25, -0.2) is 0 Å². The Hall–Kier alpha value is -4.04. The Morgan fingerprint density at radius 2 is 1.03 bits per heavy atom. The minimum atomic E-state index is 1.00. The third kappa shape index (κ3) is 6.26. The SMILES string of the molecule is Cc1ccc(-c2cc(C)c(CCc3cccc(CCc4ccc(-c5cc(C)c(C)cn5)cc4)c3)cn2)cc1. The van der Waals surface area contributed by atoms with E-state index >= 15 is 0 Å². The zero-order valence-corrected chi connectivity index (χ0v) is 23.0. The van der Waals surface area contributed by atoms with Crippen LogP contribution in [0.25, 0.3) is 22.5 Å². The van der Waals surface area contributed by atoms with E-state index in [1.807, 2.05) is 6.20 Å². The number of pyridine rings is 2. The second kappa shape index (κ2) is 11.6. The molecule has 3 aromatic carbocycles. The Morgan fingerprint density at radius 1 is 0.474 bits per heavy atom. The Kier molecular flexibility index (Phi) is 7.79. The molecule has 0 aliphatic carbocycles. The minimum absolute atomic E-state index is 1.00. The molecule has 0 atom stereocenters. The van der Waals surface area contributed by atoms with Crippen LogP contribution in [0.1, 0.15) is 44.5 Å². The van der Waals surface area contributed by atoms with Gasteiger partial charge in [-0.15, -0.1) is 0 Å². The molecule has 2 heterocycles. The van der Waals surface area contributed by atoms with E-state index in [4.69, 9.17) is 4.98 Å². The molecule has 0 fully saturated rings. The van der Waals surface area contributed by atoms with Gasteiger partial charge in [-0.2, -0.15) is 0 Å². The third-order valence-electron chi connectivity index (χ3n) is 7.57. The summed E-state index contributed by atoms with van der Waals surface area (Å²) in [5.41, 5.74) is 15.0. The topological polar surface area (TPSA) is 25.8 Å². The molecule has 0 saturated heterocycles. The molecule has 2 nitrogen and oxygen atoms in total. The fourth-order valence-electron chi connectivity index (χ4n) is 4.86. The summed E-state index contributed by atoms with van der Waals surface area (Å²) in [6.07, 6.45) is 8.13. The molecule has 0 radical (unpaired) electrons. The van der Waals surface area contributed by atoms with Crippen LogP contribution in [0.3, 0.4) is 0 Å². The van der Waals surface area contributed by atoms with Gasteiger partial charge < -0.3 is 0 Å². The molecule has 190 valence electrons. The molecule has 0 aliphatic rings. The van der Waals surface area contributed by atoms with Gasteiger partial charge >= 0.3 is 0 Å².